The number of aliphatic carboxylic acids is 1. The number of amides is 2. The Bertz CT molecular complexity index is 1420. The fraction of sp³-hybridized carbons (Fsp3) is 0.423. The van der Waals surface area contributed by atoms with Gasteiger partial charge < -0.3 is 15.3 Å². The topological polar surface area (TPSA) is 124 Å². The Balaban J connectivity index is 1.72. The van der Waals surface area contributed by atoms with Crippen molar-refractivity contribution in [3.63, 3.8) is 0 Å². The third-order valence-corrected chi connectivity index (χ3v) is 9.82. The van der Waals surface area contributed by atoms with Gasteiger partial charge >= 0.3 is 5.97 Å². The molecule has 2 aromatic carbocycles. The maximum Gasteiger partial charge on any atom is 0.305 e. The highest BCUT2D eigenvalue weighted by atomic mass is 35.5. The molecule has 1 saturated heterocycles. The standard InChI is InChI=1S/C26H27Cl2F2N3O6S/c27-18-8-7-17(13-19(18)28)40(38,39)33-11-10-32(26(37)16-6-9-20(29)21(30)12-16)25(33)24(36)31-22(14-23(34)35)15-4-2-1-3-5-15/h6-9,12-13,15,22,25H,1-5,10-11,14H2,(H,31,36)(H,34,35). The molecule has 2 aliphatic rings. The summed E-state index contributed by atoms with van der Waals surface area (Å²) >= 11 is 12.0. The largest absolute Gasteiger partial charge is 0.481 e. The zero-order valence-electron chi connectivity index (χ0n) is 21.2. The molecular weight excluding hydrogens is 591 g/mol. The molecule has 1 aliphatic carbocycles. The monoisotopic (exact) mass is 617 g/mol. The Morgan fingerprint density at radius 2 is 1.68 bits per heavy atom. The maximum absolute atomic E-state index is 13.9. The Morgan fingerprint density at radius 3 is 2.30 bits per heavy atom. The van der Waals surface area contributed by atoms with Gasteiger partial charge in [0.25, 0.3) is 11.8 Å². The van der Waals surface area contributed by atoms with Crippen LogP contribution < -0.4 is 5.32 Å². The van der Waals surface area contributed by atoms with Crippen molar-refractivity contribution in [2.45, 2.75) is 55.6 Å². The molecule has 4 rings (SSSR count). The first kappa shape index (κ1) is 30.2. The number of rotatable bonds is 8. The van der Waals surface area contributed by atoms with Crippen molar-refractivity contribution >= 4 is 51.0 Å². The predicted molar refractivity (Wildman–Crippen MR) is 142 cm³/mol. The van der Waals surface area contributed by atoms with Crippen molar-refractivity contribution in [2.75, 3.05) is 13.1 Å². The summed E-state index contributed by atoms with van der Waals surface area (Å²) < 4.78 is 55.6. The van der Waals surface area contributed by atoms with Gasteiger partial charge in [0.1, 0.15) is 0 Å². The van der Waals surface area contributed by atoms with Gasteiger partial charge in [-0.3, -0.25) is 14.4 Å². The summed E-state index contributed by atoms with van der Waals surface area (Å²) in [6.07, 6.45) is 1.95. The second-order valence-electron chi connectivity index (χ2n) is 9.80. The Hall–Kier alpha value is -2.80. The number of halogens is 4. The number of sulfonamides is 1. The van der Waals surface area contributed by atoms with E-state index in [0.717, 1.165) is 46.7 Å². The normalized spacial score (nSPS) is 19.4. The summed E-state index contributed by atoms with van der Waals surface area (Å²) in [4.78, 5) is 39.5. The highest BCUT2D eigenvalue weighted by molar-refractivity contribution is 7.89. The van der Waals surface area contributed by atoms with E-state index in [1.165, 1.54) is 12.1 Å². The van der Waals surface area contributed by atoms with Gasteiger partial charge in [-0.15, -0.1) is 0 Å². The second-order valence-corrected chi connectivity index (χ2v) is 12.5. The van der Waals surface area contributed by atoms with Gasteiger partial charge in [-0.1, -0.05) is 42.5 Å². The minimum absolute atomic E-state index is 0.0449. The Kier molecular flexibility index (Phi) is 9.33. The summed E-state index contributed by atoms with van der Waals surface area (Å²) in [5.41, 5.74) is -0.292. The lowest BCUT2D eigenvalue weighted by Crippen LogP contribution is -2.56. The molecule has 0 bridgehead atoms. The quantitative estimate of drug-likeness (QED) is 0.455. The highest BCUT2D eigenvalue weighted by Gasteiger charge is 2.47. The molecule has 2 amide bonds. The van der Waals surface area contributed by atoms with E-state index in [9.17, 15) is 36.7 Å². The van der Waals surface area contributed by atoms with Crippen molar-refractivity contribution < 1.29 is 36.7 Å². The van der Waals surface area contributed by atoms with Crippen molar-refractivity contribution in [1.29, 1.82) is 0 Å². The van der Waals surface area contributed by atoms with E-state index in [1.54, 1.807) is 0 Å². The van der Waals surface area contributed by atoms with E-state index in [4.69, 9.17) is 23.2 Å². The summed E-state index contributed by atoms with van der Waals surface area (Å²) in [5, 5.41) is 12.2. The fourth-order valence-corrected chi connectivity index (χ4v) is 7.16. The molecule has 40 heavy (non-hydrogen) atoms. The lowest BCUT2D eigenvalue weighted by Gasteiger charge is -2.34. The van der Waals surface area contributed by atoms with E-state index in [-0.39, 0.29) is 45.9 Å². The van der Waals surface area contributed by atoms with Crippen LogP contribution in [-0.4, -0.2) is 65.8 Å². The van der Waals surface area contributed by atoms with Crippen molar-refractivity contribution in [1.82, 2.24) is 14.5 Å². The van der Waals surface area contributed by atoms with Crippen LogP contribution in [0.2, 0.25) is 10.0 Å². The number of nitrogens with zero attached hydrogens (tertiary/aromatic N) is 2. The number of carboxylic acid groups (broad SMARTS) is 1. The SMILES string of the molecule is O=C(O)CC(NC(=O)C1N(C(=O)c2ccc(F)c(F)c2)CCN1S(=O)(=O)c1ccc(Cl)c(Cl)c1)C1CCCCC1. The van der Waals surface area contributed by atoms with Crippen molar-refractivity contribution in [2.24, 2.45) is 5.92 Å². The molecule has 1 saturated carbocycles. The number of carbonyl (C=O) groups is 3. The fourth-order valence-electron chi connectivity index (χ4n) is 5.23. The first-order valence-corrected chi connectivity index (χ1v) is 14.8. The van der Waals surface area contributed by atoms with Crippen LogP contribution in [0.1, 0.15) is 48.9 Å². The Labute approximate surface area is 240 Å². The molecule has 2 atom stereocenters. The van der Waals surface area contributed by atoms with E-state index in [1.807, 2.05) is 0 Å². The molecule has 1 heterocycles. The number of nitrogens with one attached hydrogen (secondary N) is 1. The zero-order valence-corrected chi connectivity index (χ0v) is 23.5. The summed E-state index contributed by atoms with van der Waals surface area (Å²) in [6.45, 7) is -0.549. The van der Waals surface area contributed by atoms with Crippen LogP contribution in [0.15, 0.2) is 41.3 Å². The average molecular weight is 618 g/mol. The van der Waals surface area contributed by atoms with E-state index < -0.39 is 51.6 Å². The Morgan fingerprint density at radius 1 is 0.975 bits per heavy atom. The van der Waals surface area contributed by atoms with Gasteiger partial charge in [-0.05, 0) is 55.2 Å². The van der Waals surface area contributed by atoms with Crippen molar-refractivity contribution in [3.05, 3.63) is 63.6 Å². The molecule has 0 aromatic heterocycles. The number of carbonyl (C=O) groups excluding carboxylic acids is 2. The average Bonchev–Trinajstić information content (AvgIpc) is 3.37. The molecule has 2 fully saturated rings. The van der Waals surface area contributed by atoms with E-state index >= 15 is 0 Å². The van der Waals surface area contributed by atoms with Gasteiger partial charge in [0.05, 0.1) is 21.4 Å². The number of carboxylic acids is 1. The minimum atomic E-state index is -4.43. The molecule has 2 N–H and O–H groups in total. The molecule has 216 valence electrons. The molecule has 2 unspecified atom stereocenters. The number of benzene rings is 2. The smallest absolute Gasteiger partial charge is 0.305 e. The van der Waals surface area contributed by atoms with Crippen LogP contribution in [0.5, 0.6) is 0 Å². The highest BCUT2D eigenvalue weighted by Crippen LogP contribution is 2.32. The molecule has 0 spiro atoms. The van der Waals surface area contributed by atoms with Crippen LogP contribution in [0.4, 0.5) is 8.78 Å². The summed E-state index contributed by atoms with van der Waals surface area (Å²) in [5.74, 6) is -5.57. The van der Waals surface area contributed by atoms with E-state index in [0.29, 0.717) is 18.9 Å². The molecule has 9 nitrogen and oxygen atoms in total. The second kappa shape index (κ2) is 12.4. The van der Waals surface area contributed by atoms with Crippen LogP contribution in [-0.2, 0) is 19.6 Å². The summed E-state index contributed by atoms with van der Waals surface area (Å²) in [6, 6.07) is 5.23. The van der Waals surface area contributed by atoms with Gasteiger partial charge in [0.2, 0.25) is 10.0 Å². The van der Waals surface area contributed by atoms with Gasteiger partial charge in [-0.25, -0.2) is 17.2 Å². The number of hydrogen-bond donors (Lipinski definition) is 2. The zero-order chi connectivity index (χ0) is 29.2. The van der Waals surface area contributed by atoms with Crippen LogP contribution in [0.3, 0.4) is 0 Å². The third-order valence-electron chi connectivity index (χ3n) is 7.23. The van der Waals surface area contributed by atoms with Crippen LogP contribution in [0.25, 0.3) is 0 Å². The van der Waals surface area contributed by atoms with Gasteiger partial charge in [0, 0.05) is 24.7 Å². The van der Waals surface area contributed by atoms with Gasteiger partial charge in [0.15, 0.2) is 17.8 Å². The first-order chi connectivity index (χ1) is 18.9. The molecule has 1 aliphatic heterocycles. The van der Waals surface area contributed by atoms with Gasteiger partial charge in [-0.2, -0.15) is 4.31 Å². The lowest BCUT2D eigenvalue weighted by molar-refractivity contribution is -0.138. The number of hydrogen-bond acceptors (Lipinski definition) is 5. The van der Waals surface area contributed by atoms with Crippen molar-refractivity contribution in [3.8, 4) is 0 Å². The molecule has 14 heteroatoms. The predicted octanol–water partition coefficient (Wildman–Crippen LogP) is 4.28. The molecule has 2 aromatic rings. The molecule has 0 radical (unpaired) electrons. The first-order valence-electron chi connectivity index (χ1n) is 12.6. The minimum Gasteiger partial charge on any atom is -0.481 e. The third kappa shape index (κ3) is 6.40. The van der Waals surface area contributed by atoms with Crippen LogP contribution >= 0.6 is 23.2 Å². The van der Waals surface area contributed by atoms with E-state index in [2.05, 4.69) is 5.32 Å². The van der Waals surface area contributed by atoms with Crippen LogP contribution in [0, 0.1) is 17.6 Å². The molecular formula is C26H27Cl2F2N3O6S. The lowest BCUT2D eigenvalue weighted by atomic mass is 9.82. The summed E-state index contributed by atoms with van der Waals surface area (Å²) in [7, 11) is -4.43. The maximum atomic E-state index is 13.9.